The Morgan fingerprint density at radius 2 is 2.10 bits per heavy atom. The Kier molecular flexibility index (Phi) is 4.39. The maximum atomic E-state index is 11.9. The highest BCUT2D eigenvalue weighted by Crippen LogP contribution is 2.29. The van der Waals surface area contributed by atoms with E-state index in [1.807, 2.05) is 0 Å². The van der Waals surface area contributed by atoms with Gasteiger partial charge in [0, 0.05) is 11.3 Å². The fourth-order valence-corrected chi connectivity index (χ4v) is 3.24. The zero-order valence-electron chi connectivity index (χ0n) is 12.0. The Hall–Kier alpha value is -1.62. The summed E-state index contributed by atoms with van der Waals surface area (Å²) >= 11 is 1.67. The van der Waals surface area contributed by atoms with Crippen molar-refractivity contribution in [2.24, 2.45) is 0 Å². The van der Waals surface area contributed by atoms with Crippen molar-refractivity contribution in [1.82, 2.24) is 10.1 Å². The van der Waals surface area contributed by atoms with Crippen LogP contribution in [0.3, 0.4) is 0 Å². The summed E-state index contributed by atoms with van der Waals surface area (Å²) in [4.78, 5) is 17.5. The molecule has 21 heavy (non-hydrogen) atoms. The van der Waals surface area contributed by atoms with Gasteiger partial charge in [0.25, 0.3) is 0 Å². The average Bonchev–Trinajstić information content (AvgIpc) is 2.96. The summed E-state index contributed by atoms with van der Waals surface area (Å²) in [5.41, 5.74) is 1.25. The Bertz CT molecular complexity index is 621. The molecule has 0 radical (unpaired) electrons. The van der Waals surface area contributed by atoms with Crippen LogP contribution in [0.25, 0.3) is 0 Å². The van der Waals surface area contributed by atoms with Gasteiger partial charge >= 0.3 is 0 Å². The highest BCUT2D eigenvalue weighted by atomic mass is 32.2. The van der Waals surface area contributed by atoms with E-state index in [0.717, 1.165) is 19.3 Å². The molecule has 2 aromatic rings. The number of benzene rings is 1. The van der Waals surface area contributed by atoms with E-state index < -0.39 is 0 Å². The molecule has 1 aromatic heterocycles. The number of rotatable bonds is 4. The van der Waals surface area contributed by atoms with Crippen LogP contribution in [0.5, 0.6) is 0 Å². The molecule has 1 unspecified atom stereocenters. The van der Waals surface area contributed by atoms with Crippen LogP contribution >= 0.6 is 11.8 Å². The van der Waals surface area contributed by atoms with Crippen LogP contribution in [0.2, 0.25) is 0 Å². The predicted octanol–water partition coefficient (Wildman–Crippen LogP) is 3.90. The first-order chi connectivity index (χ1) is 10.2. The molecule has 1 aliphatic carbocycles. The second-order valence-electron chi connectivity index (χ2n) is 5.42. The molecule has 0 amide bonds. The van der Waals surface area contributed by atoms with Gasteiger partial charge in [-0.1, -0.05) is 29.3 Å². The van der Waals surface area contributed by atoms with Gasteiger partial charge in [-0.05, 0) is 31.9 Å². The van der Waals surface area contributed by atoms with E-state index in [0.29, 0.717) is 23.9 Å². The van der Waals surface area contributed by atoms with E-state index >= 15 is 0 Å². The molecule has 1 saturated carbocycles. The minimum Gasteiger partial charge on any atom is -0.339 e. The van der Waals surface area contributed by atoms with E-state index in [-0.39, 0.29) is 11.7 Å². The summed E-state index contributed by atoms with van der Waals surface area (Å²) in [5, 5.41) is 4.00. The quantitative estimate of drug-likeness (QED) is 0.802. The Balaban J connectivity index is 1.62. The number of aryl methyl sites for hydroxylation is 1. The predicted molar refractivity (Wildman–Crippen MR) is 81.3 cm³/mol. The lowest BCUT2D eigenvalue weighted by Crippen LogP contribution is -2.17. The smallest absolute Gasteiger partial charge is 0.237 e. The zero-order valence-corrected chi connectivity index (χ0v) is 12.9. The van der Waals surface area contributed by atoms with Crippen molar-refractivity contribution in [3.05, 3.63) is 41.5 Å². The van der Waals surface area contributed by atoms with Crippen LogP contribution < -0.4 is 0 Å². The molecule has 5 heteroatoms. The molecule has 0 N–H and O–H groups in total. The summed E-state index contributed by atoms with van der Waals surface area (Å²) in [7, 11) is 0. The number of Topliss-reactive ketones (excluding diaryl/α,β-unsaturated/α-hetero) is 1. The number of thioether (sulfide) groups is 1. The fourth-order valence-electron chi connectivity index (χ4n) is 2.49. The number of carbonyl (C=O) groups is 1. The summed E-state index contributed by atoms with van der Waals surface area (Å²) in [6, 6.07) is 8.35. The van der Waals surface area contributed by atoms with Gasteiger partial charge in [0.1, 0.15) is 5.78 Å². The summed E-state index contributed by atoms with van der Waals surface area (Å²) in [6.07, 6.45) is 3.53. The summed E-state index contributed by atoms with van der Waals surface area (Å²) < 4.78 is 5.29. The van der Waals surface area contributed by atoms with Crippen molar-refractivity contribution >= 4 is 17.5 Å². The fraction of sp³-hybridized carbons (Fsp3) is 0.438. The number of nitrogens with zero attached hydrogens (tertiary/aromatic N) is 2. The molecule has 1 aliphatic rings. The van der Waals surface area contributed by atoms with Crippen molar-refractivity contribution in [3.8, 4) is 0 Å². The van der Waals surface area contributed by atoms with Crippen LogP contribution in [0.4, 0.5) is 0 Å². The number of carbonyl (C=O) groups excluding carboxylic acids is 1. The van der Waals surface area contributed by atoms with E-state index in [2.05, 4.69) is 41.3 Å². The van der Waals surface area contributed by atoms with Crippen LogP contribution in [0.1, 0.15) is 48.9 Å². The Morgan fingerprint density at radius 3 is 2.86 bits per heavy atom. The third-order valence-electron chi connectivity index (χ3n) is 3.73. The van der Waals surface area contributed by atoms with Gasteiger partial charge in [0.2, 0.25) is 5.89 Å². The molecule has 4 nitrogen and oxygen atoms in total. The van der Waals surface area contributed by atoms with Crippen molar-refractivity contribution in [2.45, 2.75) is 49.2 Å². The zero-order chi connectivity index (χ0) is 14.7. The standard InChI is InChI=1S/C16H18N2O2S/c1-11-6-8-12(9-7-11)21-10-15-17-16(20-18-15)13-4-2-3-5-14(13)19/h6-9,13H,2-5,10H2,1H3. The van der Waals surface area contributed by atoms with E-state index in [1.165, 1.54) is 10.5 Å². The maximum absolute atomic E-state index is 11.9. The molecule has 3 rings (SSSR count). The molecular weight excluding hydrogens is 284 g/mol. The first kappa shape index (κ1) is 14.3. The largest absolute Gasteiger partial charge is 0.339 e. The lowest BCUT2D eigenvalue weighted by atomic mass is 9.88. The number of hydrogen-bond donors (Lipinski definition) is 0. The van der Waals surface area contributed by atoms with Crippen LogP contribution in [0, 0.1) is 6.92 Å². The van der Waals surface area contributed by atoms with Crippen LogP contribution in [-0.4, -0.2) is 15.9 Å². The lowest BCUT2D eigenvalue weighted by Gasteiger charge is -2.16. The second kappa shape index (κ2) is 6.43. The molecule has 0 spiro atoms. The van der Waals surface area contributed by atoms with Gasteiger partial charge in [-0.2, -0.15) is 4.98 Å². The van der Waals surface area contributed by atoms with Gasteiger partial charge in [0.05, 0.1) is 11.7 Å². The number of ketones is 1. The summed E-state index contributed by atoms with van der Waals surface area (Å²) in [6.45, 7) is 2.07. The normalized spacial score (nSPS) is 18.9. The first-order valence-electron chi connectivity index (χ1n) is 7.27. The number of aromatic nitrogens is 2. The van der Waals surface area contributed by atoms with Crippen molar-refractivity contribution in [3.63, 3.8) is 0 Å². The third kappa shape index (κ3) is 3.53. The topological polar surface area (TPSA) is 56.0 Å². The van der Waals surface area contributed by atoms with Gasteiger partial charge < -0.3 is 4.52 Å². The second-order valence-corrected chi connectivity index (χ2v) is 6.46. The molecule has 0 saturated heterocycles. The molecule has 0 aliphatic heterocycles. The first-order valence-corrected chi connectivity index (χ1v) is 8.25. The van der Waals surface area contributed by atoms with Crippen molar-refractivity contribution in [1.29, 1.82) is 0 Å². The third-order valence-corrected chi connectivity index (χ3v) is 4.73. The van der Waals surface area contributed by atoms with Gasteiger partial charge in [-0.15, -0.1) is 11.8 Å². The van der Waals surface area contributed by atoms with E-state index in [1.54, 1.807) is 11.8 Å². The molecular formula is C16H18N2O2S. The highest BCUT2D eigenvalue weighted by molar-refractivity contribution is 7.98. The molecule has 1 atom stereocenters. The van der Waals surface area contributed by atoms with Crippen molar-refractivity contribution < 1.29 is 9.32 Å². The van der Waals surface area contributed by atoms with Crippen LogP contribution in [0.15, 0.2) is 33.7 Å². The van der Waals surface area contributed by atoms with Crippen molar-refractivity contribution in [2.75, 3.05) is 0 Å². The molecule has 1 fully saturated rings. The summed E-state index contributed by atoms with van der Waals surface area (Å²) in [5.74, 6) is 1.88. The average molecular weight is 302 g/mol. The monoisotopic (exact) mass is 302 g/mol. The SMILES string of the molecule is Cc1ccc(SCc2noc(C3CCCCC3=O)n2)cc1. The van der Waals surface area contributed by atoms with Crippen LogP contribution in [-0.2, 0) is 10.5 Å². The molecule has 1 aromatic carbocycles. The Morgan fingerprint density at radius 1 is 1.29 bits per heavy atom. The van der Waals surface area contributed by atoms with Gasteiger partial charge in [-0.25, -0.2) is 0 Å². The van der Waals surface area contributed by atoms with E-state index in [4.69, 9.17) is 4.52 Å². The maximum Gasteiger partial charge on any atom is 0.237 e. The molecule has 0 bridgehead atoms. The van der Waals surface area contributed by atoms with E-state index in [9.17, 15) is 4.79 Å². The minimum atomic E-state index is -0.177. The number of hydrogen-bond acceptors (Lipinski definition) is 5. The van der Waals surface area contributed by atoms with Gasteiger partial charge in [-0.3, -0.25) is 4.79 Å². The lowest BCUT2D eigenvalue weighted by molar-refractivity contribution is -0.122. The molecule has 110 valence electrons. The highest BCUT2D eigenvalue weighted by Gasteiger charge is 2.28. The molecule has 1 heterocycles. The minimum absolute atomic E-state index is 0.177. The Labute approximate surface area is 128 Å². The van der Waals surface area contributed by atoms with Gasteiger partial charge in [0.15, 0.2) is 5.82 Å².